The molecule has 23 heavy (non-hydrogen) atoms. The monoisotopic (exact) mass is 358 g/mol. The summed E-state index contributed by atoms with van der Waals surface area (Å²) in [6.45, 7) is 5.15. The molecule has 0 radical (unpaired) electrons. The summed E-state index contributed by atoms with van der Waals surface area (Å²) in [6.07, 6.45) is 1.63. The number of nitrogens with one attached hydrogen (secondary N) is 1. The first-order chi connectivity index (χ1) is 10.9. The Hall–Kier alpha value is -0.470. The van der Waals surface area contributed by atoms with Gasteiger partial charge in [0.2, 0.25) is 0 Å². The van der Waals surface area contributed by atoms with Crippen LogP contribution < -0.4 is 5.32 Å². The number of rotatable bonds is 5. The van der Waals surface area contributed by atoms with Gasteiger partial charge in [0.1, 0.15) is 0 Å². The molecule has 130 valence electrons. The zero-order valence-corrected chi connectivity index (χ0v) is 15.2. The Labute approximate surface area is 142 Å². The van der Waals surface area contributed by atoms with Crippen molar-refractivity contribution >= 4 is 21.2 Å². The summed E-state index contributed by atoms with van der Waals surface area (Å²) in [5, 5.41) is 15.4. The van der Waals surface area contributed by atoms with E-state index in [9.17, 15) is 13.5 Å². The normalized spacial score (nSPS) is 30.5. The van der Waals surface area contributed by atoms with E-state index in [2.05, 4.69) is 34.7 Å². The predicted octanol–water partition coefficient (Wildman–Crippen LogP) is 1.27. The molecule has 2 fully saturated rings. The molecule has 0 spiro atoms. The van der Waals surface area contributed by atoms with Crippen molar-refractivity contribution in [3.63, 3.8) is 0 Å². The second-order valence-corrected chi connectivity index (χ2v) is 10.0. The zero-order valence-electron chi connectivity index (χ0n) is 13.5. The molecule has 0 unspecified atom stereocenters. The van der Waals surface area contributed by atoms with Gasteiger partial charge >= 0.3 is 0 Å². The van der Waals surface area contributed by atoms with Gasteiger partial charge in [-0.25, -0.2) is 8.42 Å². The van der Waals surface area contributed by atoms with Gasteiger partial charge in [0, 0.05) is 17.5 Å². The predicted molar refractivity (Wildman–Crippen MR) is 93.5 cm³/mol. The molecule has 2 N–H and O–H groups in total. The number of hydrogen-bond acceptors (Lipinski definition) is 6. The molecule has 2 saturated heterocycles. The van der Waals surface area contributed by atoms with Gasteiger partial charge in [0.05, 0.1) is 23.7 Å². The Morgan fingerprint density at radius 2 is 2.13 bits per heavy atom. The average molecular weight is 359 g/mol. The number of sulfone groups is 1. The molecule has 1 aromatic rings. The van der Waals surface area contributed by atoms with Crippen molar-refractivity contribution in [1.29, 1.82) is 0 Å². The van der Waals surface area contributed by atoms with E-state index in [0.29, 0.717) is 6.54 Å². The van der Waals surface area contributed by atoms with E-state index in [-0.39, 0.29) is 23.6 Å². The lowest BCUT2D eigenvalue weighted by Gasteiger charge is -2.37. The largest absolute Gasteiger partial charge is 0.390 e. The number of piperidine rings is 1. The molecule has 1 aromatic heterocycles. The number of aliphatic hydroxyl groups is 1. The highest BCUT2D eigenvalue weighted by atomic mass is 32.2. The third-order valence-corrected chi connectivity index (χ3v) is 7.72. The minimum Gasteiger partial charge on any atom is -0.390 e. The van der Waals surface area contributed by atoms with Gasteiger partial charge in [-0.2, -0.15) is 0 Å². The summed E-state index contributed by atoms with van der Waals surface area (Å²) < 4.78 is 23.3. The second kappa shape index (κ2) is 7.19. The molecule has 0 amide bonds. The molecule has 2 aliphatic rings. The van der Waals surface area contributed by atoms with Crippen LogP contribution in [0.2, 0.25) is 0 Å². The van der Waals surface area contributed by atoms with E-state index in [1.165, 1.54) is 17.7 Å². The number of aliphatic hydroxyl groups excluding tert-OH is 1. The highest BCUT2D eigenvalue weighted by molar-refractivity contribution is 7.91. The van der Waals surface area contributed by atoms with Crippen LogP contribution in [0.1, 0.15) is 30.7 Å². The number of hydrogen-bond donors (Lipinski definition) is 2. The van der Waals surface area contributed by atoms with Gasteiger partial charge in [-0.1, -0.05) is 13.0 Å². The lowest BCUT2D eigenvalue weighted by Crippen LogP contribution is -2.45. The van der Waals surface area contributed by atoms with Crippen LogP contribution in [0.25, 0.3) is 0 Å². The average Bonchev–Trinajstić information content (AvgIpc) is 3.09. The summed E-state index contributed by atoms with van der Waals surface area (Å²) >= 11 is 1.75. The Balaban J connectivity index is 1.65. The lowest BCUT2D eigenvalue weighted by molar-refractivity contribution is 0.123. The number of nitrogens with zero attached hydrogens (tertiary/aromatic N) is 1. The molecule has 0 aromatic carbocycles. The van der Waals surface area contributed by atoms with Crippen molar-refractivity contribution in [3.05, 3.63) is 22.4 Å². The van der Waals surface area contributed by atoms with E-state index in [1.54, 1.807) is 11.3 Å². The summed E-state index contributed by atoms with van der Waals surface area (Å²) in [7, 11) is -3.10. The quantitative estimate of drug-likeness (QED) is 0.830. The SMILES string of the molecule is CC1CCN([C@@H](CN[C@@H]2CS(=O)(=O)C[C@@H]2O)c2cccs2)CC1. The fourth-order valence-corrected chi connectivity index (χ4v) is 6.15. The minimum atomic E-state index is -3.10. The Kier molecular flexibility index (Phi) is 5.42. The summed E-state index contributed by atoms with van der Waals surface area (Å²) in [5.74, 6) is 0.711. The van der Waals surface area contributed by atoms with Crippen LogP contribution in [-0.4, -0.2) is 61.7 Å². The maximum absolute atomic E-state index is 11.7. The maximum atomic E-state index is 11.7. The second-order valence-electron chi connectivity index (χ2n) is 6.91. The lowest BCUT2D eigenvalue weighted by atomic mass is 9.97. The van der Waals surface area contributed by atoms with Crippen molar-refractivity contribution in [3.8, 4) is 0 Å². The maximum Gasteiger partial charge on any atom is 0.154 e. The van der Waals surface area contributed by atoms with Gasteiger partial charge in [-0.3, -0.25) is 4.90 Å². The molecule has 7 heteroatoms. The van der Waals surface area contributed by atoms with E-state index >= 15 is 0 Å². The van der Waals surface area contributed by atoms with E-state index in [0.717, 1.165) is 19.0 Å². The first kappa shape index (κ1) is 17.4. The third-order valence-electron chi connectivity index (χ3n) is 5.03. The summed E-state index contributed by atoms with van der Waals surface area (Å²) in [6, 6.07) is 4.13. The molecular formula is C16H26N2O3S2. The zero-order chi connectivity index (χ0) is 16.4. The van der Waals surface area contributed by atoms with Crippen molar-refractivity contribution in [2.24, 2.45) is 5.92 Å². The Morgan fingerprint density at radius 1 is 1.39 bits per heavy atom. The van der Waals surface area contributed by atoms with Crippen LogP contribution >= 0.6 is 11.3 Å². The first-order valence-corrected chi connectivity index (χ1v) is 11.0. The number of likely N-dealkylation sites (tertiary alicyclic amines) is 1. The summed E-state index contributed by atoms with van der Waals surface area (Å²) in [5.41, 5.74) is 0. The minimum absolute atomic E-state index is 0.0440. The van der Waals surface area contributed by atoms with E-state index in [1.807, 2.05) is 0 Å². The molecule has 3 rings (SSSR count). The van der Waals surface area contributed by atoms with Gasteiger partial charge < -0.3 is 10.4 Å². The molecule has 2 aliphatic heterocycles. The van der Waals surface area contributed by atoms with Crippen molar-refractivity contribution in [2.45, 2.75) is 38.0 Å². The molecule has 0 aliphatic carbocycles. The topological polar surface area (TPSA) is 69.6 Å². The fourth-order valence-electron chi connectivity index (χ4n) is 3.52. The van der Waals surface area contributed by atoms with E-state index in [4.69, 9.17) is 0 Å². The van der Waals surface area contributed by atoms with Crippen LogP contribution in [0.5, 0.6) is 0 Å². The van der Waals surface area contributed by atoms with Crippen LogP contribution in [0.3, 0.4) is 0 Å². The van der Waals surface area contributed by atoms with Crippen LogP contribution in [0.15, 0.2) is 17.5 Å². The highest BCUT2D eigenvalue weighted by Gasteiger charge is 2.37. The number of thiophene rings is 1. The molecule has 3 atom stereocenters. The van der Waals surface area contributed by atoms with Gasteiger partial charge in [0.25, 0.3) is 0 Å². The summed E-state index contributed by atoms with van der Waals surface area (Å²) in [4.78, 5) is 3.80. The smallest absolute Gasteiger partial charge is 0.154 e. The van der Waals surface area contributed by atoms with E-state index < -0.39 is 15.9 Å². The Morgan fingerprint density at radius 3 is 2.70 bits per heavy atom. The van der Waals surface area contributed by atoms with Crippen molar-refractivity contribution < 1.29 is 13.5 Å². The fraction of sp³-hybridized carbons (Fsp3) is 0.750. The van der Waals surface area contributed by atoms with Gasteiger partial charge in [-0.05, 0) is 43.3 Å². The molecule has 0 bridgehead atoms. The van der Waals surface area contributed by atoms with Crippen molar-refractivity contribution in [1.82, 2.24) is 10.2 Å². The van der Waals surface area contributed by atoms with Gasteiger partial charge in [0.15, 0.2) is 9.84 Å². The molecule has 5 nitrogen and oxygen atoms in total. The molecular weight excluding hydrogens is 332 g/mol. The highest BCUT2D eigenvalue weighted by Crippen LogP contribution is 2.29. The molecule has 0 saturated carbocycles. The van der Waals surface area contributed by atoms with Crippen LogP contribution in [0, 0.1) is 5.92 Å². The van der Waals surface area contributed by atoms with Crippen LogP contribution in [0.4, 0.5) is 0 Å². The first-order valence-electron chi connectivity index (χ1n) is 8.34. The molecule has 3 heterocycles. The van der Waals surface area contributed by atoms with Gasteiger partial charge in [-0.15, -0.1) is 11.3 Å². The Bertz CT molecular complexity index is 595. The van der Waals surface area contributed by atoms with Crippen LogP contribution in [-0.2, 0) is 9.84 Å². The van der Waals surface area contributed by atoms with Crippen molar-refractivity contribution in [2.75, 3.05) is 31.1 Å². The standard InChI is InChI=1S/C16H26N2O3S2/c1-12-4-6-18(7-5-12)14(16-3-2-8-22-16)9-17-13-10-23(20,21)11-15(13)19/h2-3,8,12-15,17,19H,4-7,9-11H2,1H3/t13-,14+,15+/m1/s1. The third kappa shape index (κ3) is 4.33.